The van der Waals surface area contributed by atoms with Gasteiger partial charge in [0.25, 0.3) is 5.91 Å². The predicted octanol–water partition coefficient (Wildman–Crippen LogP) is 2.42. The molecule has 0 atom stereocenters. The molecule has 1 saturated heterocycles. The van der Waals surface area contributed by atoms with E-state index in [0.29, 0.717) is 13.1 Å². The van der Waals surface area contributed by atoms with Gasteiger partial charge in [-0.1, -0.05) is 6.07 Å². The highest BCUT2D eigenvalue weighted by atomic mass is 32.1. The zero-order valence-electron chi connectivity index (χ0n) is 15.7. The van der Waals surface area contributed by atoms with E-state index in [1.54, 1.807) is 17.5 Å². The van der Waals surface area contributed by atoms with E-state index in [1.165, 1.54) is 0 Å². The van der Waals surface area contributed by atoms with Gasteiger partial charge in [0, 0.05) is 56.7 Å². The summed E-state index contributed by atoms with van der Waals surface area (Å²) in [5.74, 6) is 1.92. The Bertz CT molecular complexity index is 963. The maximum Gasteiger partial charge on any atom is 0.291 e. The van der Waals surface area contributed by atoms with Crippen molar-refractivity contribution in [3.8, 4) is 0 Å². The molecule has 0 radical (unpaired) electrons. The molecule has 1 fully saturated rings. The molecular formula is C19H22N6OS. The molecule has 4 heterocycles. The molecule has 3 aromatic rings. The number of aromatic nitrogens is 3. The molecule has 7 nitrogen and oxygen atoms in total. The summed E-state index contributed by atoms with van der Waals surface area (Å²) in [5, 5.41) is 3.02. The number of anilines is 2. The molecule has 4 rings (SSSR count). The van der Waals surface area contributed by atoms with E-state index in [0.717, 1.165) is 40.5 Å². The fourth-order valence-electron chi connectivity index (χ4n) is 3.33. The number of carbonyl (C=O) groups is 1. The smallest absolute Gasteiger partial charge is 0.291 e. The molecule has 27 heavy (non-hydrogen) atoms. The lowest BCUT2D eigenvalue weighted by atomic mass is 10.2. The summed E-state index contributed by atoms with van der Waals surface area (Å²) >= 11 is 1.64. The highest BCUT2D eigenvalue weighted by Crippen LogP contribution is 2.30. The summed E-state index contributed by atoms with van der Waals surface area (Å²) in [6.45, 7) is 4.83. The van der Waals surface area contributed by atoms with Crippen molar-refractivity contribution < 1.29 is 4.79 Å². The summed E-state index contributed by atoms with van der Waals surface area (Å²) < 4.78 is 0. The van der Waals surface area contributed by atoms with E-state index in [9.17, 15) is 4.79 Å². The van der Waals surface area contributed by atoms with E-state index in [4.69, 9.17) is 0 Å². The van der Waals surface area contributed by atoms with E-state index >= 15 is 0 Å². The first-order chi connectivity index (χ1) is 13.0. The van der Waals surface area contributed by atoms with Crippen molar-refractivity contribution in [2.75, 3.05) is 50.1 Å². The fourth-order valence-corrected chi connectivity index (χ4v) is 4.10. The van der Waals surface area contributed by atoms with Crippen molar-refractivity contribution in [1.29, 1.82) is 0 Å². The Kier molecular flexibility index (Phi) is 4.65. The van der Waals surface area contributed by atoms with Crippen LogP contribution in [0.1, 0.15) is 15.5 Å². The summed E-state index contributed by atoms with van der Waals surface area (Å²) in [7, 11) is 3.89. The Morgan fingerprint density at radius 3 is 2.59 bits per heavy atom. The monoisotopic (exact) mass is 382 g/mol. The maximum absolute atomic E-state index is 13.0. The maximum atomic E-state index is 13.0. The average molecular weight is 382 g/mol. The van der Waals surface area contributed by atoms with Gasteiger partial charge in [0.2, 0.25) is 5.82 Å². The van der Waals surface area contributed by atoms with Crippen molar-refractivity contribution in [2.45, 2.75) is 6.92 Å². The number of fused-ring (bicyclic) bond motifs is 1. The first kappa shape index (κ1) is 17.7. The Hall–Kier alpha value is -2.74. The molecular weight excluding hydrogens is 360 g/mol. The van der Waals surface area contributed by atoms with Crippen LogP contribution in [0.15, 0.2) is 29.8 Å². The van der Waals surface area contributed by atoms with Crippen molar-refractivity contribution in [1.82, 2.24) is 19.9 Å². The Balaban J connectivity index is 1.55. The van der Waals surface area contributed by atoms with Crippen LogP contribution in [0.4, 0.5) is 11.6 Å². The lowest BCUT2D eigenvalue weighted by Crippen LogP contribution is -2.49. The number of hydrogen-bond acceptors (Lipinski definition) is 7. The van der Waals surface area contributed by atoms with Gasteiger partial charge < -0.3 is 14.7 Å². The molecule has 1 aliphatic heterocycles. The van der Waals surface area contributed by atoms with Crippen LogP contribution in [0.25, 0.3) is 10.9 Å². The minimum atomic E-state index is -0.107. The van der Waals surface area contributed by atoms with Gasteiger partial charge >= 0.3 is 0 Å². The molecule has 0 spiro atoms. The normalized spacial score (nSPS) is 14.6. The molecule has 3 aromatic heterocycles. The predicted molar refractivity (Wildman–Crippen MR) is 109 cm³/mol. The molecule has 0 saturated carbocycles. The molecule has 0 N–H and O–H groups in total. The van der Waals surface area contributed by atoms with Gasteiger partial charge in [0.05, 0.1) is 10.9 Å². The third-order valence-corrected chi connectivity index (χ3v) is 5.67. The molecule has 8 heteroatoms. The Labute approximate surface area is 162 Å². The summed E-state index contributed by atoms with van der Waals surface area (Å²) in [6, 6.07) is 5.89. The molecule has 0 aromatic carbocycles. The molecule has 1 aliphatic rings. The summed E-state index contributed by atoms with van der Waals surface area (Å²) in [6.07, 6.45) is 1.79. The Morgan fingerprint density at radius 2 is 1.93 bits per heavy atom. The fraction of sp³-hybridized carbons (Fsp3) is 0.368. The molecule has 0 bridgehead atoms. The second-order valence-electron chi connectivity index (χ2n) is 6.78. The van der Waals surface area contributed by atoms with E-state index < -0.39 is 0 Å². The first-order valence-corrected chi connectivity index (χ1v) is 9.81. The number of hydrogen-bond donors (Lipinski definition) is 0. The second-order valence-corrected chi connectivity index (χ2v) is 7.87. The number of piperazine rings is 1. The van der Waals surface area contributed by atoms with Gasteiger partial charge in [0.1, 0.15) is 11.6 Å². The van der Waals surface area contributed by atoms with Crippen LogP contribution in [0.5, 0.6) is 0 Å². The summed E-state index contributed by atoms with van der Waals surface area (Å²) in [4.78, 5) is 33.7. The van der Waals surface area contributed by atoms with Crippen molar-refractivity contribution in [2.24, 2.45) is 0 Å². The van der Waals surface area contributed by atoms with Crippen molar-refractivity contribution >= 4 is 39.8 Å². The number of carbonyl (C=O) groups excluding carboxylic acids is 1. The van der Waals surface area contributed by atoms with Gasteiger partial charge in [-0.3, -0.25) is 4.79 Å². The van der Waals surface area contributed by atoms with Crippen molar-refractivity contribution in [3.05, 3.63) is 40.5 Å². The summed E-state index contributed by atoms with van der Waals surface area (Å²) in [5.41, 5.74) is 0.840. The van der Waals surface area contributed by atoms with Crippen LogP contribution < -0.4 is 9.80 Å². The molecule has 1 amide bonds. The third kappa shape index (κ3) is 3.32. The topological polar surface area (TPSA) is 65.5 Å². The van der Waals surface area contributed by atoms with Gasteiger partial charge in [-0.15, -0.1) is 11.3 Å². The van der Waals surface area contributed by atoms with Crippen LogP contribution >= 0.6 is 11.3 Å². The second kappa shape index (κ2) is 7.11. The van der Waals surface area contributed by atoms with E-state index in [2.05, 4.69) is 26.8 Å². The highest BCUT2D eigenvalue weighted by Gasteiger charge is 2.26. The SMILES string of the molecule is Cc1scc2nc(C(=O)N3CCN(c4ccccn4)CC3)nc(N(C)C)c12. The van der Waals surface area contributed by atoms with Crippen LogP contribution in [-0.4, -0.2) is 66.0 Å². The molecule has 0 unspecified atom stereocenters. The minimum absolute atomic E-state index is 0.107. The molecule has 140 valence electrons. The van der Waals surface area contributed by atoms with Gasteiger partial charge in [-0.2, -0.15) is 0 Å². The quantitative estimate of drug-likeness (QED) is 0.693. The molecule has 0 aliphatic carbocycles. The lowest BCUT2D eigenvalue weighted by molar-refractivity contribution is 0.0734. The largest absolute Gasteiger partial charge is 0.362 e. The van der Waals surface area contributed by atoms with Gasteiger partial charge in [-0.05, 0) is 19.1 Å². The van der Waals surface area contributed by atoms with E-state index in [-0.39, 0.29) is 11.7 Å². The number of nitrogens with zero attached hydrogens (tertiary/aromatic N) is 6. The van der Waals surface area contributed by atoms with Crippen LogP contribution in [0, 0.1) is 6.92 Å². The first-order valence-electron chi connectivity index (χ1n) is 8.93. The Morgan fingerprint density at radius 1 is 1.15 bits per heavy atom. The third-order valence-electron chi connectivity index (χ3n) is 4.77. The zero-order valence-corrected chi connectivity index (χ0v) is 16.5. The number of pyridine rings is 1. The minimum Gasteiger partial charge on any atom is -0.362 e. The lowest BCUT2D eigenvalue weighted by Gasteiger charge is -2.35. The van der Waals surface area contributed by atoms with Gasteiger partial charge in [-0.25, -0.2) is 15.0 Å². The number of rotatable bonds is 3. The number of aryl methyl sites for hydroxylation is 1. The average Bonchev–Trinajstić information content (AvgIpc) is 3.08. The zero-order chi connectivity index (χ0) is 19.0. The van der Waals surface area contributed by atoms with E-state index in [1.807, 2.05) is 47.5 Å². The van der Waals surface area contributed by atoms with Crippen molar-refractivity contribution in [3.63, 3.8) is 0 Å². The number of thiophene rings is 1. The highest BCUT2D eigenvalue weighted by molar-refractivity contribution is 7.11. The number of amides is 1. The van der Waals surface area contributed by atoms with Crippen LogP contribution in [0.3, 0.4) is 0 Å². The van der Waals surface area contributed by atoms with Crippen LogP contribution in [-0.2, 0) is 0 Å². The van der Waals surface area contributed by atoms with Gasteiger partial charge in [0.15, 0.2) is 0 Å². The standard InChI is InChI=1S/C19H22N6OS/c1-13-16-14(12-27-13)21-17(22-18(16)23(2)3)19(26)25-10-8-24(9-11-25)15-6-4-5-7-20-15/h4-7,12H,8-11H2,1-3H3. The van der Waals surface area contributed by atoms with Crippen LogP contribution in [0.2, 0.25) is 0 Å².